The van der Waals surface area contributed by atoms with Gasteiger partial charge in [-0.1, -0.05) is 20.8 Å². The molecule has 164 valence electrons. The molecule has 1 atom stereocenters. The van der Waals surface area contributed by atoms with E-state index < -0.39 is 35.2 Å². The highest BCUT2D eigenvalue weighted by Gasteiger charge is 2.37. The zero-order chi connectivity index (χ0) is 22.0. The molecule has 1 saturated heterocycles. The fraction of sp³-hybridized carbons (Fsp3) is 0.632. The quantitative estimate of drug-likeness (QED) is 0.639. The topological polar surface area (TPSA) is 44.4 Å². The lowest BCUT2D eigenvalue weighted by atomic mass is 9.86. The van der Waals surface area contributed by atoms with Gasteiger partial charge in [0.2, 0.25) is 0 Å². The number of likely N-dealkylation sites (tertiary alicyclic amines) is 1. The molecule has 0 spiro atoms. The number of carbonyl (C=O) groups is 1. The number of nitrogens with zero attached hydrogens (tertiary/aromatic N) is 1. The molecule has 1 unspecified atom stereocenters. The van der Waals surface area contributed by atoms with Crippen molar-refractivity contribution >= 4 is 11.7 Å². The Labute approximate surface area is 165 Å². The van der Waals surface area contributed by atoms with Crippen LogP contribution in [0.2, 0.25) is 0 Å². The largest absolute Gasteiger partial charge is 0.416 e. The molecule has 4 nitrogen and oxygen atoms in total. The summed E-state index contributed by atoms with van der Waals surface area (Å²) >= 11 is 0. The third-order valence-electron chi connectivity index (χ3n) is 4.84. The molecule has 2 N–H and O–H groups in total. The molecule has 1 aliphatic heterocycles. The van der Waals surface area contributed by atoms with Crippen LogP contribution in [0.4, 0.5) is 36.8 Å². The number of alkyl halides is 6. The Morgan fingerprint density at radius 1 is 0.966 bits per heavy atom. The van der Waals surface area contributed by atoms with Gasteiger partial charge >= 0.3 is 18.4 Å². The van der Waals surface area contributed by atoms with E-state index >= 15 is 0 Å². The van der Waals surface area contributed by atoms with Gasteiger partial charge in [0.1, 0.15) is 0 Å². The third kappa shape index (κ3) is 6.80. The number of halogens is 6. The molecular formula is C19H25F6N3O. The molecule has 2 rings (SSSR count). The fourth-order valence-electron chi connectivity index (χ4n) is 3.11. The van der Waals surface area contributed by atoms with Gasteiger partial charge in [-0.05, 0) is 49.5 Å². The summed E-state index contributed by atoms with van der Waals surface area (Å²) < 4.78 is 77.8. The minimum Gasteiger partial charge on any atom is -0.333 e. The maximum atomic E-state index is 13.0. The average molecular weight is 425 g/mol. The third-order valence-corrected chi connectivity index (χ3v) is 4.84. The highest BCUT2D eigenvalue weighted by molar-refractivity contribution is 5.89. The van der Waals surface area contributed by atoms with Gasteiger partial charge in [-0.3, -0.25) is 0 Å². The van der Waals surface area contributed by atoms with Gasteiger partial charge in [-0.25, -0.2) is 4.79 Å². The number of amides is 2. The van der Waals surface area contributed by atoms with Crippen molar-refractivity contribution in [2.24, 2.45) is 5.41 Å². The lowest BCUT2D eigenvalue weighted by molar-refractivity contribution is -0.143. The molecule has 1 fully saturated rings. The van der Waals surface area contributed by atoms with E-state index in [4.69, 9.17) is 0 Å². The Morgan fingerprint density at radius 2 is 1.45 bits per heavy atom. The van der Waals surface area contributed by atoms with Crippen LogP contribution >= 0.6 is 0 Å². The first-order valence-corrected chi connectivity index (χ1v) is 9.25. The van der Waals surface area contributed by atoms with E-state index in [1.54, 1.807) is 0 Å². The van der Waals surface area contributed by atoms with Crippen LogP contribution in [0.3, 0.4) is 0 Å². The Kier molecular flexibility index (Phi) is 6.76. The van der Waals surface area contributed by atoms with Gasteiger partial charge in [-0.15, -0.1) is 0 Å². The molecule has 0 saturated carbocycles. The molecule has 0 aliphatic carbocycles. The minimum atomic E-state index is -4.97. The van der Waals surface area contributed by atoms with Gasteiger partial charge in [0, 0.05) is 18.3 Å². The van der Waals surface area contributed by atoms with Crippen molar-refractivity contribution in [3.63, 3.8) is 0 Å². The van der Waals surface area contributed by atoms with E-state index in [9.17, 15) is 31.1 Å². The zero-order valence-corrected chi connectivity index (χ0v) is 16.5. The van der Waals surface area contributed by atoms with Crippen LogP contribution in [0, 0.1) is 5.41 Å². The SMILES string of the molecule is CC(C)(C)C(CN1CCCC1)NC(=O)Nc1cc(C(F)(F)F)cc(C(F)(F)F)c1. The fourth-order valence-corrected chi connectivity index (χ4v) is 3.11. The first kappa shape index (κ1) is 23.3. The van der Waals surface area contributed by atoms with E-state index in [1.807, 2.05) is 20.8 Å². The smallest absolute Gasteiger partial charge is 0.333 e. The number of carbonyl (C=O) groups excluding carboxylic acids is 1. The Bertz CT molecular complexity index is 686. The van der Waals surface area contributed by atoms with Gasteiger partial charge in [0.05, 0.1) is 11.1 Å². The number of hydrogen-bond donors (Lipinski definition) is 2. The molecule has 1 aromatic rings. The highest BCUT2D eigenvalue weighted by atomic mass is 19.4. The number of nitrogens with one attached hydrogen (secondary N) is 2. The second kappa shape index (κ2) is 8.41. The van der Waals surface area contributed by atoms with Crippen molar-refractivity contribution in [1.82, 2.24) is 10.2 Å². The monoisotopic (exact) mass is 425 g/mol. The number of anilines is 1. The molecule has 10 heteroatoms. The van der Waals surface area contributed by atoms with Crippen molar-refractivity contribution < 1.29 is 31.1 Å². The molecule has 0 radical (unpaired) electrons. The molecule has 1 heterocycles. The van der Waals surface area contributed by atoms with E-state index in [1.165, 1.54) is 0 Å². The number of rotatable bonds is 4. The van der Waals surface area contributed by atoms with E-state index in [0.29, 0.717) is 18.7 Å². The van der Waals surface area contributed by atoms with Crippen molar-refractivity contribution in [2.45, 2.75) is 52.0 Å². The summed E-state index contributed by atoms with van der Waals surface area (Å²) in [6, 6.07) is -0.193. The maximum Gasteiger partial charge on any atom is 0.416 e. The van der Waals surface area contributed by atoms with Crippen LogP contribution in [0.5, 0.6) is 0 Å². The van der Waals surface area contributed by atoms with Crippen LogP contribution in [0.25, 0.3) is 0 Å². The van der Waals surface area contributed by atoms with Crippen LogP contribution < -0.4 is 10.6 Å². The van der Waals surface area contributed by atoms with Gasteiger partial charge in [0.25, 0.3) is 0 Å². The first-order valence-electron chi connectivity index (χ1n) is 9.25. The predicted molar refractivity (Wildman–Crippen MR) is 97.5 cm³/mol. The summed E-state index contributed by atoms with van der Waals surface area (Å²) in [5.74, 6) is 0. The zero-order valence-electron chi connectivity index (χ0n) is 16.5. The maximum absolute atomic E-state index is 13.0. The number of hydrogen-bond acceptors (Lipinski definition) is 2. The van der Waals surface area contributed by atoms with E-state index in [-0.39, 0.29) is 17.5 Å². The molecule has 1 aromatic carbocycles. The predicted octanol–water partition coefficient (Wildman–Crippen LogP) is 5.36. The Hall–Kier alpha value is -1.97. The number of benzene rings is 1. The van der Waals surface area contributed by atoms with Crippen LogP contribution in [0.1, 0.15) is 44.7 Å². The Balaban J connectivity index is 2.19. The second-order valence-electron chi connectivity index (χ2n) is 8.32. The number of urea groups is 1. The summed E-state index contributed by atoms with van der Waals surface area (Å²) in [5, 5.41) is 4.82. The van der Waals surface area contributed by atoms with E-state index in [0.717, 1.165) is 25.9 Å². The van der Waals surface area contributed by atoms with Gasteiger partial charge in [-0.2, -0.15) is 26.3 Å². The van der Waals surface area contributed by atoms with Gasteiger partial charge in [0.15, 0.2) is 0 Å². The van der Waals surface area contributed by atoms with Crippen LogP contribution in [-0.4, -0.2) is 36.6 Å². The summed E-state index contributed by atoms with van der Waals surface area (Å²) in [6.07, 6.45) is -7.85. The van der Waals surface area contributed by atoms with E-state index in [2.05, 4.69) is 15.5 Å². The van der Waals surface area contributed by atoms with Crippen molar-refractivity contribution in [3.8, 4) is 0 Å². The summed E-state index contributed by atoms with van der Waals surface area (Å²) in [7, 11) is 0. The molecular weight excluding hydrogens is 400 g/mol. The summed E-state index contributed by atoms with van der Waals surface area (Å²) in [6.45, 7) is 8.03. The first-order chi connectivity index (χ1) is 13.2. The van der Waals surface area contributed by atoms with Crippen LogP contribution in [-0.2, 0) is 12.4 Å². The molecule has 0 aromatic heterocycles. The molecule has 1 aliphatic rings. The standard InChI is InChI=1S/C19H25F6N3O/c1-17(2,3)15(11-28-6-4-5-7-28)27-16(29)26-14-9-12(18(20,21)22)8-13(10-14)19(23,24)25/h8-10,15H,4-7,11H2,1-3H3,(H2,26,27,29). The molecule has 2 amide bonds. The highest BCUT2D eigenvalue weighted by Crippen LogP contribution is 2.37. The van der Waals surface area contributed by atoms with Crippen LogP contribution in [0.15, 0.2) is 18.2 Å². The summed E-state index contributed by atoms with van der Waals surface area (Å²) in [4.78, 5) is 14.5. The van der Waals surface area contributed by atoms with Crippen molar-refractivity contribution in [1.29, 1.82) is 0 Å². The average Bonchev–Trinajstić information content (AvgIpc) is 3.04. The Morgan fingerprint density at radius 3 is 1.86 bits per heavy atom. The lowest BCUT2D eigenvalue weighted by Crippen LogP contribution is -2.51. The minimum absolute atomic E-state index is 0.0222. The van der Waals surface area contributed by atoms with Crippen molar-refractivity contribution in [3.05, 3.63) is 29.3 Å². The molecule has 0 bridgehead atoms. The molecule has 29 heavy (non-hydrogen) atoms. The van der Waals surface area contributed by atoms with Crippen molar-refractivity contribution in [2.75, 3.05) is 25.0 Å². The normalized spacial score (nSPS) is 17.3. The summed E-state index contributed by atoms with van der Waals surface area (Å²) in [5.41, 5.74) is -3.89. The second-order valence-corrected chi connectivity index (χ2v) is 8.32. The van der Waals surface area contributed by atoms with Gasteiger partial charge < -0.3 is 15.5 Å². The lowest BCUT2D eigenvalue weighted by Gasteiger charge is -2.34.